The minimum Gasteiger partial charge on any atom is -0.308 e. The molecule has 0 saturated heterocycles. The fourth-order valence-electron chi connectivity index (χ4n) is 1.77. The number of aryl methyl sites for hydroxylation is 3. The van der Waals surface area contributed by atoms with E-state index in [1.807, 2.05) is 51.1 Å². The zero-order valence-electron chi connectivity index (χ0n) is 11.2. The Labute approximate surface area is 112 Å². The van der Waals surface area contributed by atoms with Gasteiger partial charge in [-0.1, -0.05) is 12.1 Å². The Morgan fingerprint density at radius 1 is 1.00 bits per heavy atom. The molecule has 2 amide bonds. The summed E-state index contributed by atoms with van der Waals surface area (Å²) in [5, 5.41) is 5.36. The van der Waals surface area contributed by atoms with Crippen LogP contribution in [0.5, 0.6) is 0 Å². The Bertz CT molecular complexity index is 590. The highest BCUT2D eigenvalue weighted by Crippen LogP contribution is 2.10. The van der Waals surface area contributed by atoms with Crippen LogP contribution in [0.4, 0.5) is 16.4 Å². The molecule has 5 heteroatoms. The number of benzene rings is 1. The second-order valence-electron chi connectivity index (χ2n) is 4.42. The second-order valence-corrected chi connectivity index (χ2v) is 4.42. The first-order valence-electron chi connectivity index (χ1n) is 6.00. The number of carbonyl (C=O) groups excluding carboxylic acids is 1. The number of hydrogen-bond acceptors (Lipinski definition) is 3. The van der Waals surface area contributed by atoms with Gasteiger partial charge in [-0.3, -0.25) is 5.32 Å². The number of nitrogens with zero attached hydrogens (tertiary/aromatic N) is 2. The van der Waals surface area contributed by atoms with Crippen molar-refractivity contribution in [3.8, 4) is 0 Å². The van der Waals surface area contributed by atoms with Crippen LogP contribution >= 0.6 is 0 Å². The molecular formula is C14H16N4O. The number of anilines is 2. The van der Waals surface area contributed by atoms with Gasteiger partial charge in [-0.15, -0.1) is 0 Å². The Morgan fingerprint density at radius 2 is 1.68 bits per heavy atom. The van der Waals surface area contributed by atoms with E-state index < -0.39 is 0 Å². The van der Waals surface area contributed by atoms with Gasteiger partial charge in [0.15, 0.2) is 0 Å². The van der Waals surface area contributed by atoms with E-state index >= 15 is 0 Å². The summed E-state index contributed by atoms with van der Waals surface area (Å²) in [5.74, 6) is 0.308. The number of rotatable bonds is 2. The zero-order valence-corrected chi connectivity index (χ0v) is 11.2. The molecule has 0 aliphatic carbocycles. The number of nitrogens with one attached hydrogen (secondary N) is 2. The van der Waals surface area contributed by atoms with Crippen LogP contribution in [0.2, 0.25) is 0 Å². The van der Waals surface area contributed by atoms with Crippen LogP contribution in [0.3, 0.4) is 0 Å². The minimum atomic E-state index is -0.351. The minimum absolute atomic E-state index is 0.308. The lowest BCUT2D eigenvalue weighted by Crippen LogP contribution is -2.21. The smallest absolute Gasteiger partial charge is 0.308 e. The molecule has 0 atom stereocenters. The number of hydrogen-bond donors (Lipinski definition) is 2. The van der Waals surface area contributed by atoms with Gasteiger partial charge in [0.1, 0.15) is 0 Å². The second kappa shape index (κ2) is 5.48. The number of urea groups is 1. The first-order chi connectivity index (χ1) is 9.02. The molecule has 0 saturated carbocycles. The Kier molecular flexibility index (Phi) is 3.75. The molecule has 0 bridgehead atoms. The van der Waals surface area contributed by atoms with Gasteiger partial charge in [-0.05, 0) is 44.5 Å². The SMILES string of the molecule is Cc1cccc(NC(=O)Nc2nc(C)cc(C)n2)c1. The van der Waals surface area contributed by atoms with Crippen LogP contribution in [-0.2, 0) is 0 Å². The third-order valence-corrected chi connectivity index (χ3v) is 2.48. The largest absolute Gasteiger partial charge is 0.326 e. The van der Waals surface area contributed by atoms with E-state index in [1.54, 1.807) is 0 Å². The normalized spacial score (nSPS) is 10.1. The maximum atomic E-state index is 11.8. The Morgan fingerprint density at radius 3 is 2.32 bits per heavy atom. The van der Waals surface area contributed by atoms with Crippen molar-refractivity contribution in [3.05, 3.63) is 47.3 Å². The summed E-state index contributed by atoms with van der Waals surface area (Å²) < 4.78 is 0. The van der Waals surface area contributed by atoms with E-state index in [4.69, 9.17) is 0 Å². The highest BCUT2D eigenvalue weighted by molar-refractivity contribution is 5.98. The van der Waals surface area contributed by atoms with Gasteiger partial charge in [-0.25, -0.2) is 14.8 Å². The highest BCUT2D eigenvalue weighted by atomic mass is 16.2. The number of aromatic nitrogens is 2. The molecule has 2 N–H and O–H groups in total. The fraction of sp³-hybridized carbons (Fsp3) is 0.214. The fourth-order valence-corrected chi connectivity index (χ4v) is 1.77. The average Bonchev–Trinajstić information content (AvgIpc) is 2.26. The van der Waals surface area contributed by atoms with Crippen LogP contribution in [0.25, 0.3) is 0 Å². The quantitative estimate of drug-likeness (QED) is 0.867. The lowest BCUT2D eigenvalue weighted by Gasteiger charge is -2.08. The highest BCUT2D eigenvalue weighted by Gasteiger charge is 2.05. The summed E-state index contributed by atoms with van der Waals surface area (Å²) in [6.07, 6.45) is 0. The first kappa shape index (κ1) is 13.0. The van der Waals surface area contributed by atoms with Crippen molar-refractivity contribution in [1.82, 2.24) is 9.97 Å². The predicted octanol–water partition coefficient (Wildman–Crippen LogP) is 3.05. The van der Waals surface area contributed by atoms with Crippen molar-refractivity contribution in [2.75, 3.05) is 10.6 Å². The van der Waals surface area contributed by atoms with Gasteiger partial charge < -0.3 is 5.32 Å². The van der Waals surface area contributed by atoms with Crippen LogP contribution in [-0.4, -0.2) is 16.0 Å². The van der Waals surface area contributed by atoms with E-state index in [0.717, 1.165) is 22.6 Å². The maximum Gasteiger partial charge on any atom is 0.326 e. The topological polar surface area (TPSA) is 66.9 Å². The van der Waals surface area contributed by atoms with Crippen molar-refractivity contribution in [2.45, 2.75) is 20.8 Å². The van der Waals surface area contributed by atoms with Gasteiger partial charge >= 0.3 is 6.03 Å². The summed E-state index contributed by atoms with van der Waals surface area (Å²) in [6.45, 7) is 5.69. The third-order valence-electron chi connectivity index (χ3n) is 2.48. The van der Waals surface area contributed by atoms with Gasteiger partial charge in [0.25, 0.3) is 0 Å². The molecule has 0 aliphatic heterocycles. The molecule has 98 valence electrons. The van der Waals surface area contributed by atoms with E-state index in [2.05, 4.69) is 20.6 Å². The van der Waals surface area contributed by atoms with Gasteiger partial charge in [-0.2, -0.15) is 0 Å². The predicted molar refractivity (Wildman–Crippen MR) is 75.3 cm³/mol. The first-order valence-corrected chi connectivity index (χ1v) is 6.00. The van der Waals surface area contributed by atoms with Crippen molar-refractivity contribution >= 4 is 17.7 Å². The monoisotopic (exact) mass is 256 g/mol. The standard InChI is InChI=1S/C14H16N4O/c1-9-5-4-6-12(7-9)17-14(19)18-13-15-10(2)8-11(3)16-13/h4-8H,1-3H3,(H2,15,16,17,18,19). The van der Waals surface area contributed by atoms with E-state index in [9.17, 15) is 4.79 Å². The lowest BCUT2D eigenvalue weighted by molar-refractivity contribution is 0.262. The van der Waals surface area contributed by atoms with Crippen molar-refractivity contribution in [2.24, 2.45) is 0 Å². The average molecular weight is 256 g/mol. The summed E-state index contributed by atoms with van der Waals surface area (Å²) in [7, 11) is 0. The van der Waals surface area contributed by atoms with Gasteiger partial charge in [0, 0.05) is 17.1 Å². The summed E-state index contributed by atoms with van der Waals surface area (Å²) in [5.41, 5.74) is 3.46. The number of carbonyl (C=O) groups is 1. The molecule has 0 radical (unpaired) electrons. The molecule has 5 nitrogen and oxygen atoms in total. The van der Waals surface area contributed by atoms with E-state index in [-0.39, 0.29) is 6.03 Å². The molecule has 1 aromatic carbocycles. The van der Waals surface area contributed by atoms with E-state index in [1.165, 1.54) is 0 Å². The van der Waals surface area contributed by atoms with Crippen LogP contribution < -0.4 is 10.6 Å². The lowest BCUT2D eigenvalue weighted by atomic mass is 10.2. The maximum absolute atomic E-state index is 11.8. The van der Waals surface area contributed by atoms with Crippen molar-refractivity contribution in [1.29, 1.82) is 0 Å². The van der Waals surface area contributed by atoms with Crippen molar-refractivity contribution < 1.29 is 4.79 Å². The van der Waals surface area contributed by atoms with Crippen LogP contribution in [0, 0.1) is 20.8 Å². The number of amides is 2. The van der Waals surface area contributed by atoms with Crippen LogP contribution in [0.15, 0.2) is 30.3 Å². The Balaban J connectivity index is 2.05. The molecule has 2 rings (SSSR count). The van der Waals surface area contributed by atoms with E-state index in [0.29, 0.717) is 5.95 Å². The third kappa shape index (κ3) is 3.77. The molecule has 1 heterocycles. The summed E-state index contributed by atoms with van der Waals surface area (Å²) in [4.78, 5) is 20.1. The molecule has 1 aromatic heterocycles. The molecule has 2 aromatic rings. The van der Waals surface area contributed by atoms with Gasteiger partial charge in [0.05, 0.1) is 0 Å². The molecule has 19 heavy (non-hydrogen) atoms. The molecule has 0 spiro atoms. The summed E-state index contributed by atoms with van der Waals surface area (Å²) in [6, 6.07) is 9.07. The zero-order chi connectivity index (χ0) is 13.8. The molecule has 0 aliphatic rings. The van der Waals surface area contributed by atoms with Gasteiger partial charge in [0.2, 0.25) is 5.95 Å². The van der Waals surface area contributed by atoms with Crippen LogP contribution in [0.1, 0.15) is 17.0 Å². The molecule has 0 unspecified atom stereocenters. The Hall–Kier alpha value is -2.43. The molecular weight excluding hydrogens is 240 g/mol. The summed E-state index contributed by atoms with van der Waals surface area (Å²) >= 11 is 0. The van der Waals surface area contributed by atoms with Crippen molar-refractivity contribution in [3.63, 3.8) is 0 Å². The molecule has 0 fully saturated rings.